The highest BCUT2D eigenvalue weighted by atomic mass is 32.2. The van der Waals surface area contributed by atoms with E-state index in [1.165, 1.54) is 19.3 Å². The SMILES string of the molecule is CSCNCCCOCCCCC(C)C. The van der Waals surface area contributed by atoms with E-state index < -0.39 is 0 Å². The fraction of sp³-hybridized carbons (Fsp3) is 1.00. The quantitative estimate of drug-likeness (QED) is 0.437. The van der Waals surface area contributed by atoms with Crippen LogP contribution in [0.4, 0.5) is 0 Å². The lowest BCUT2D eigenvalue weighted by atomic mass is 10.1. The van der Waals surface area contributed by atoms with Gasteiger partial charge in [-0.1, -0.05) is 26.7 Å². The van der Waals surface area contributed by atoms with E-state index in [1.54, 1.807) is 0 Å². The first-order chi connectivity index (χ1) is 7.27. The van der Waals surface area contributed by atoms with Crippen molar-refractivity contribution in [2.75, 3.05) is 31.9 Å². The molecule has 0 saturated carbocycles. The summed E-state index contributed by atoms with van der Waals surface area (Å²) in [5.74, 6) is 1.88. The zero-order chi connectivity index (χ0) is 11.4. The van der Waals surface area contributed by atoms with E-state index in [4.69, 9.17) is 4.74 Å². The van der Waals surface area contributed by atoms with Gasteiger partial charge in [0.1, 0.15) is 0 Å². The molecule has 2 nitrogen and oxygen atoms in total. The summed E-state index contributed by atoms with van der Waals surface area (Å²) in [6.45, 7) is 7.47. The molecule has 0 spiro atoms. The van der Waals surface area contributed by atoms with Crippen LogP contribution in [0.1, 0.15) is 39.5 Å². The molecule has 0 aromatic carbocycles. The lowest BCUT2D eigenvalue weighted by molar-refractivity contribution is 0.127. The van der Waals surface area contributed by atoms with E-state index in [1.807, 2.05) is 11.8 Å². The summed E-state index contributed by atoms with van der Waals surface area (Å²) in [7, 11) is 0. The maximum Gasteiger partial charge on any atom is 0.0478 e. The van der Waals surface area contributed by atoms with Gasteiger partial charge in [0.25, 0.3) is 0 Å². The Morgan fingerprint density at radius 2 is 1.87 bits per heavy atom. The molecule has 0 aliphatic rings. The molecule has 0 rings (SSSR count). The average molecular weight is 233 g/mol. The van der Waals surface area contributed by atoms with Gasteiger partial charge < -0.3 is 10.1 Å². The van der Waals surface area contributed by atoms with Crippen molar-refractivity contribution < 1.29 is 4.74 Å². The molecule has 0 unspecified atom stereocenters. The Morgan fingerprint density at radius 3 is 2.53 bits per heavy atom. The van der Waals surface area contributed by atoms with Gasteiger partial charge in [-0.3, -0.25) is 0 Å². The molecule has 0 saturated heterocycles. The Labute approximate surface area is 99.5 Å². The number of hydrogen-bond donors (Lipinski definition) is 1. The summed E-state index contributed by atoms with van der Waals surface area (Å²) in [6.07, 6.45) is 7.10. The molecular weight excluding hydrogens is 206 g/mol. The summed E-state index contributed by atoms with van der Waals surface area (Å²) in [5, 5.41) is 3.34. The Bertz CT molecular complexity index is 120. The van der Waals surface area contributed by atoms with Crippen LogP contribution in [0.3, 0.4) is 0 Å². The van der Waals surface area contributed by atoms with Crippen LogP contribution in [0, 0.1) is 5.92 Å². The predicted octanol–water partition coefficient (Wildman–Crippen LogP) is 3.13. The van der Waals surface area contributed by atoms with Crippen LogP contribution in [0.15, 0.2) is 0 Å². The molecular formula is C12H27NOS. The first kappa shape index (κ1) is 15.3. The molecule has 0 aromatic heterocycles. The summed E-state index contributed by atoms with van der Waals surface area (Å²) in [6, 6.07) is 0. The minimum absolute atomic E-state index is 0.834. The van der Waals surface area contributed by atoms with Crippen LogP contribution >= 0.6 is 11.8 Å². The highest BCUT2D eigenvalue weighted by Gasteiger charge is 1.94. The van der Waals surface area contributed by atoms with E-state index in [2.05, 4.69) is 25.4 Å². The topological polar surface area (TPSA) is 21.3 Å². The fourth-order valence-electron chi connectivity index (χ4n) is 1.33. The van der Waals surface area contributed by atoms with Gasteiger partial charge in [-0.15, -0.1) is 11.8 Å². The Balaban J connectivity index is 2.87. The number of hydrogen-bond acceptors (Lipinski definition) is 3. The smallest absolute Gasteiger partial charge is 0.0478 e. The molecule has 0 bridgehead atoms. The third kappa shape index (κ3) is 14.3. The average Bonchev–Trinajstić information content (AvgIpc) is 2.20. The summed E-state index contributed by atoms with van der Waals surface area (Å²) < 4.78 is 5.55. The number of nitrogens with one attached hydrogen (secondary N) is 1. The predicted molar refractivity (Wildman–Crippen MR) is 70.5 cm³/mol. The minimum atomic E-state index is 0.834. The molecule has 0 aliphatic heterocycles. The van der Waals surface area contributed by atoms with Crippen molar-refractivity contribution in [2.24, 2.45) is 5.92 Å². The second kappa shape index (κ2) is 12.3. The van der Waals surface area contributed by atoms with Crippen LogP contribution < -0.4 is 5.32 Å². The number of thioether (sulfide) groups is 1. The van der Waals surface area contributed by atoms with Crippen LogP contribution in [0.2, 0.25) is 0 Å². The highest BCUT2D eigenvalue weighted by molar-refractivity contribution is 7.98. The summed E-state index contributed by atoms with van der Waals surface area (Å²) >= 11 is 1.83. The van der Waals surface area contributed by atoms with Crippen molar-refractivity contribution in [3.05, 3.63) is 0 Å². The molecule has 15 heavy (non-hydrogen) atoms. The zero-order valence-corrected chi connectivity index (χ0v) is 11.4. The summed E-state index contributed by atoms with van der Waals surface area (Å²) in [5.41, 5.74) is 0. The maximum atomic E-state index is 5.55. The Morgan fingerprint density at radius 1 is 1.13 bits per heavy atom. The highest BCUT2D eigenvalue weighted by Crippen LogP contribution is 2.05. The van der Waals surface area contributed by atoms with Gasteiger partial charge in [-0.25, -0.2) is 0 Å². The van der Waals surface area contributed by atoms with Gasteiger partial charge in [0.2, 0.25) is 0 Å². The van der Waals surface area contributed by atoms with Crippen molar-refractivity contribution in [3.63, 3.8) is 0 Å². The largest absolute Gasteiger partial charge is 0.381 e. The van der Waals surface area contributed by atoms with Crippen LogP contribution in [0.5, 0.6) is 0 Å². The van der Waals surface area contributed by atoms with Crippen molar-refractivity contribution >= 4 is 11.8 Å². The lowest BCUT2D eigenvalue weighted by Gasteiger charge is -2.06. The van der Waals surface area contributed by atoms with Gasteiger partial charge in [0, 0.05) is 19.1 Å². The molecule has 0 amide bonds. The number of unbranched alkanes of at least 4 members (excludes halogenated alkanes) is 1. The minimum Gasteiger partial charge on any atom is -0.381 e. The third-order valence-electron chi connectivity index (χ3n) is 2.21. The van der Waals surface area contributed by atoms with Crippen molar-refractivity contribution in [2.45, 2.75) is 39.5 Å². The lowest BCUT2D eigenvalue weighted by Crippen LogP contribution is -2.15. The Hall–Kier alpha value is 0.270. The van der Waals surface area contributed by atoms with Crippen molar-refractivity contribution in [1.82, 2.24) is 5.32 Å². The Kier molecular flexibility index (Phi) is 12.6. The third-order valence-corrected chi connectivity index (χ3v) is 2.70. The summed E-state index contributed by atoms with van der Waals surface area (Å²) in [4.78, 5) is 0. The van der Waals surface area contributed by atoms with E-state index in [9.17, 15) is 0 Å². The number of rotatable bonds is 11. The van der Waals surface area contributed by atoms with Crippen molar-refractivity contribution in [3.8, 4) is 0 Å². The molecule has 1 N–H and O–H groups in total. The van der Waals surface area contributed by atoms with Crippen LogP contribution in [-0.2, 0) is 4.74 Å². The first-order valence-corrected chi connectivity index (χ1v) is 7.44. The molecule has 0 aromatic rings. The zero-order valence-electron chi connectivity index (χ0n) is 10.6. The van der Waals surface area contributed by atoms with Crippen LogP contribution in [0.25, 0.3) is 0 Å². The van der Waals surface area contributed by atoms with Crippen LogP contribution in [-0.4, -0.2) is 31.9 Å². The molecule has 3 heteroatoms. The van der Waals surface area contributed by atoms with E-state index in [-0.39, 0.29) is 0 Å². The van der Waals surface area contributed by atoms with Gasteiger partial charge in [0.05, 0.1) is 0 Å². The molecule has 0 radical (unpaired) electrons. The second-order valence-corrected chi connectivity index (χ2v) is 5.15. The second-order valence-electron chi connectivity index (χ2n) is 4.29. The first-order valence-electron chi connectivity index (χ1n) is 6.04. The van der Waals surface area contributed by atoms with Gasteiger partial charge in [-0.2, -0.15) is 0 Å². The standard InChI is InChI=1S/C12H27NOS/c1-12(2)7-4-5-9-14-10-6-8-13-11-15-3/h12-13H,4-11H2,1-3H3. The maximum absolute atomic E-state index is 5.55. The van der Waals surface area contributed by atoms with Gasteiger partial charge in [-0.05, 0) is 31.6 Å². The van der Waals surface area contributed by atoms with Crippen molar-refractivity contribution in [1.29, 1.82) is 0 Å². The molecule has 0 atom stereocenters. The van der Waals surface area contributed by atoms with E-state index >= 15 is 0 Å². The molecule has 0 aliphatic carbocycles. The fourth-order valence-corrected chi connectivity index (χ4v) is 1.68. The van der Waals surface area contributed by atoms with Gasteiger partial charge in [0.15, 0.2) is 0 Å². The normalized spacial score (nSPS) is 11.2. The molecule has 92 valence electrons. The number of ether oxygens (including phenoxy) is 1. The monoisotopic (exact) mass is 233 g/mol. The van der Waals surface area contributed by atoms with Gasteiger partial charge >= 0.3 is 0 Å². The van der Waals surface area contributed by atoms with E-state index in [0.717, 1.165) is 38.0 Å². The molecule has 0 fully saturated rings. The molecule has 0 heterocycles. The van der Waals surface area contributed by atoms with E-state index in [0.29, 0.717) is 0 Å².